The number of carbonyl (C=O) groups excluding carboxylic acids is 3. The molecule has 0 radical (unpaired) electrons. The third kappa shape index (κ3) is 12.8. The Morgan fingerprint density at radius 1 is 1.12 bits per heavy atom. The standard InChI is InChI=1S/C48H73FN6O12S/c1-12-40-48(9,60)38-18-15-35(52-61)26-64-47(8,23-27(2)41(29(38)4)50-32(7)56)44(30(5)42(57)31(6)45(59)66-40)67-46-43(58)39(21-28(3)65-46)54(10)20-19-34-25-55(53-51-34)36(24-49)22-33-13-16-37(17-14-33)68(11,62)63/h13-14,16-17,25,27-31,36,38-40,43-44,46,58,60-61H,12,15,18-24,26H2,1-11H3/b50-41?,52-35+/t27-,28-,29-,30+,31-,36+,38-,39+,40-,43-,44-,46+,47-,48+/m1/s1. The number of carbonyl (C=O) groups is 3. The first-order valence-electron chi connectivity index (χ1n) is 23.7. The van der Waals surface area contributed by atoms with Crippen molar-refractivity contribution in [1.29, 1.82) is 0 Å². The summed E-state index contributed by atoms with van der Waals surface area (Å²) in [6, 6.07) is 5.10. The molecule has 3 N–H and O–H groups in total. The first-order valence-corrected chi connectivity index (χ1v) is 25.6. The average Bonchev–Trinajstić information content (AvgIpc) is 3.76. The SMILES string of the molecule is CC[C@H]1OC(=O)[C@H](C)C(=O)[C@H](C)[C@@H](O[C@@H]2O[C@H](C)C[C@H](N(C)CCc3cn([C@H](CF)Cc4ccc(S(C)(=O)=O)cc4)nn3)[C@H]2O)[C@@]2(C)C[C@@H](C)C(=NC(C)=O)[C@H](C)[C@@H](CC/C(=N\O)CO2)[C@]1(C)O. The number of cyclic esters (lactones) is 1. The fourth-order valence-electron chi connectivity index (χ4n) is 10.5. The molecule has 2 aromatic rings. The van der Waals surface area contributed by atoms with Crippen molar-refractivity contribution in [2.75, 3.05) is 33.1 Å². The van der Waals surface area contributed by atoms with Crippen molar-refractivity contribution in [3.63, 3.8) is 0 Å². The number of aliphatic hydroxyl groups excluding tert-OH is 1. The largest absolute Gasteiger partial charge is 0.459 e. The number of oxime groups is 1. The second-order valence-corrected chi connectivity index (χ2v) is 21.9. The number of esters is 1. The number of benzene rings is 1. The average molecular weight is 977 g/mol. The quantitative estimate of drug-likeness (QED) is 0.113. The number of aliphatic imine (C=N–C) groups is 1. The summed E-state index contributed by atoms with van der Waals surface area (Å²) in [5.41, 5.74) is -1.07. The van der Waals surface area contributed by atoms with Crippen molar-refractivity contribution in [3.8, 4) is 0 Å². The van der Waals surface area contributed by atoms with E-state index in [-0.39, 0.29) is 49.3 Å². The molecular formula is C48H73FN6O12S. The number of Topliss-reactive ketones (excluding diaryl/α,β-unsaturated/α-hetero) is 1. The van der Waals surface area contributed by atoms with Crippen LogP contribution in [0.4, 0.5) is 4.39 Å². The molecule has 3 fully saturated rings. The summed E-state index contributed by atoms with van der Waals surface area (Å²) in [6.07, 6.45) is -0.705. The fourth-order valence-corrected chi connectivity index (χ4v) is 11.1. The smallest absolute Gasteiger partial charge is 0.316 e. The van der Waals surface area contributed by atoms with Gasteiger partial charge in [0, 0.05) is 55.9 Å². The van der Waals surface area contributed by atoms with Crippen LogP contribution in [0, 0.1) is 29.6 Å². The number of ether oxygens (including phenoxy) is 4. The van der Waals surface area contributed by atoms with Crippen molar-refractivity contribution < 1.29 is 61.6 Å². The van der Waals surface area contributed by atoms with E-state index in [1.54, 1.807) is 46.0 Å². The molecule has 380 valence electrons. The Morgan fingerprint density at radius 3 is 2.40 bits per heavy atom. The van der Waals surface area contributed by atoms with Crippen molar-refractivity contribution in [2.24, 2.45) is 39.7 Å². The van der Waals surface area contributed by atoms with E-state index in [2.05, 4.69) is 20.5 Å². The number of amides is 1. The number of sulfone groups is 1. The number of rotatable bonds is 12. The zero-order valence-corrected chi connectivity index (χ0v) is 42.2. The lowest BCUT2D eigenvalue weighted by atomic mass is 9.68. The van der Waals surface area contributed by atoms with Crippen LogP contribution in [0.15, 0.2) is 45.5 Å². The predicted octanol–water partition coefficient (Wildman–Crippen LogP) is 4.75. The molecule has 0 unspecified atom stereocenters. The van der Waals surface area contributed by atoms with Crippen molar-refractivity contribution in [1.82, 2.24) is 19.9 Å². The third-order valence-electron chi connectivity index (χ3n) is 14.5. The van der Waals surface area contributed by atoms with Crippen LogP contribution in [-0.2, 0) is 56.0 Å². The summed E-state index contributed by atoms with van der Waals surface area (Å²) in [5, 5.41) is 46.8. The minimum absolute atomic E-state index is 0.108. The van der Waals surface area contributed by atoms with E-state index in [4.69, 9.17) is 18.9 Å². The molecule has 3 aliphatic heterocycles. The number of hydrogen-bond acceptors (Lipinski definition) is 16. The molecule has 1 amide bonds. The summed E-state index contributed by atoms with van der Waals surface area (Å²) in [4.78, 5) is 48.0. The van der Waals surface area contributed by atoms with Gasteiger partial charge in [0.15, 0.2) is 21.9 Å². The van der Waals surface area contributed by atoms with Gasteiger partial charge in [-0.15, -0.1) is 5.10 Å². The van der Waals surface area contributed by atoms with Gasteiger partial charge in [-0.05, 0) is 103 Å². The first-order chi connectivity index (χ1) is 31.8. The van der Waals surface area contributed by atoms with Crippen LogP contribution in [0.2, 0.25) is 0 Å². The molecule has 18 nitrogen and oxygen atoms in total. The molecule has 14 atom stereocenters. The number of aliphatic hydroxyl groups is 2. The Kier molecular flexibility index (Phi) is 18.4. The van der Waals surface area contributed by atoms with E-state index < -0.39 is 118 Å². The molecule has 5 rings (SSSR count). The molecule has 0 spiro atoms. The Morgan fingerprint density at radius 2 is 1.79 bits per heavy atom. The highest BCUT2D eigenvalue weighted by atomic mass is 32.2. The number of nitrogens with zero attached hydrogens (tertiary/aromatic N) is 6. The van der Waals surface area contributed by atoms with Crippen LogP contribution in [-0.4, -0.2) is 154 Å². The summed E-state index contributed by atoms with van der Waals surface area (Å²) in [7, 11) is -1.53. The van der Waals surface area contributed by atoms with Gasteiger partial charge in [-0.1, -0.05) is 50.2 Å². The van der Waals surface area contributed by atoms with Crippen molar-refractivity contribution >= 4 is 38.9 Å². The molecule has 1 aromatic heterocycles. The zero-order valence-electron chi connectivity index (χ0n) is 41.4. The highest BCUT2D eigenvalue weighted by molar-refractivity contribution is 7.90. The summed E-state index contributed by atoms with van der Waals surface area (Å²) >= 11 is 0. The van der Waals surface area contributed by atoms with E-state index in [9.17, 15) is 42.6 Å². The second kappa shape index (κ2) is 22.8. The number of hydrogen-bond donors (Lipinski definition) is 3. The summed E-state index contributed by atoms with van der Waals surface area (Å²) in [6.45, 7) is 14.6. The van der Waals surface area contributed by atoms with Crippen LogP contribution in [0.25, 0.3) is 0 Å². The first kappa shape index (κ1) is 54.9. The number of fused-ring (bicyclic) bond motifs is 5. The molecule has 4 heterocycles. The Bertz CT molecular complexity index is 2240. The van der Waals surface area contributed by atoms with E-state index in [0.717, 1.165) is 11.8 Å². The molecular weight excluding hydrogens is 904 g/mol. The van der Waals surface area contributed by atoms with Gasteiger partial charge in [0.2, 0.25) is 5.91 Å². The van der Waals surface area contributed by atoms with Crippen LogP contribution in [0.3, 0.4) is 0 Å². The highest BCUT2D eigenvalue weighted by Crippen LogP contribution is 2.42. The maximum absolute atomic E-state index is 14.6. The summed E-state index contributed by atoms with van der Waals surface area (Å²) < 4.78 is 65.5. The maximum atomic E-state index is 14.6. The highest BCUT2D eigenvalue weighted by Gasteiger charge is 2.52. The normalized spacial score (nSPS) is 35.4. The van der Waals surface area contributed by atoms with E-state index >= 15 is 0 Å². The third-order valence-corrected chi connectivity index (χ3v) is 15.6. The zero-order chi connectivity index (χ0) is 50.5. The lowest BCUT2D eigenvalue weighted by Crippen LogP contribution is -2.60. The van der Waals surface area contributed by atoms with Gasteiger partial charge in [-0.2, -0.15) is 0 Å². The summed E-state index contributed by atoms with van der Waals surface area (Å²) in [5.74, 6) is -5.94. The van der Waals surface area contributed by atoms with Gasteiger partial charge >= 0.3 is 5.97 Å². The van der Waals surface area contributed by atoms with Gasteiger partial charge in [0.1, 0.15) is 30.4 Å². The van der Waals surface area contributed by atoms with Gasteiger partial charge in [-0.3, -0.25) is 14.4 Å². The predicted molar refractivity (Wildman–Crippen MR) is 250 cm³/mol. The molecule has 0 saturated carbocycles. The number of likely N-dealkylation sites (N-methyl/N-ethyl adjacent to an activating group) is 1. The molecule has 68 heavy (non-hydrogen) atoms. The Labute approximate surface area is 399 Å². The minimum Gasteiger partial charge on any atom is -0.459 e. The van der Waals surface area contributed by atoms with Crippen LogP contribution < -0.4 is 0 Å². The lowest BCUT2D eigenvalue weighted by Gasteiger charge is -2.48. The second-order valence-electron chi connectivity index (χ2n) is 19.8. The Hall–Kier alpha value is -4.05. The molecule has 0 aliphatic carbocycles. The molecule has 1 aromatic carbocycles. The van der Waals surface area contributed by atoms with Crippen LogP contribution >= 0.6 is 0 Å². The monoisotopic (exact) mass is 976 g/mol. The van der Waals surface area contributed by atoms with Gasteiger partial charge < -0.3 is 39.3 Å². The molecule has 3 saturated heterocycles. The molecule has 2 bridgehead atoms. The van der Waals surface area contributed by atoms with Gasteiger partial charge in [-0.25, -0.2) is 22.5 Å². The van der Waals surface area contributed by atoms with E-state index in [1.807, 2.05) is 32.7 Å². The molecule has 20 heteroatoms. The topological polar surface area (TPSA) is 242 Å². The number of aromatic nitrogens is 3. The number of alkyl halides is 1. The fraction of sp³-hybridized carbons (Fsp3) is 0.729. The van der Waals surface area contributed by atoms with Gasteiger partial charge in [0.05, 0.1) is 46.8 Å². The van der Waals surface area contributed by atoms with E-state index in [1.165, 1.54) is 30.7 Å². The Balaban J connectivity index is 1.44. The van der Waals surface area contributed by atoms with Crippen molar-refractivity contribution in [2.45, 2.75) is 166 Å². The van der Waals surface area contributed by atoms with Gasteiger partial charge in [0.25, 0.3) is 0 Å². The maximum Gasteiger partial charge on any atom is 0.316 e. The number of ketones is 1. The van der Waals surface area contributed by atoms with Crippen LogP contribution in [0.5, 0.6) is 0 Å². The van der Waals surface area contributed by atoms with E-state index in [0.29, 0.717) is 30.8 Å². The molecule has 3 aliphatic rings. The van der Waals surface area contributed by atoms with Crippen LogP contribution in [0.1, 0.15) is 112 Å². The van der Waals surface area contributed by atoms with Crippen molar-refractivity contribution in [3.05, 3.63) is 41.7 Å². The number of halogens is 1. The lowest BCUT2D eigenvalue weighted by molar-refractivity contribution is -0.296. The minimum atomic E-state index is -3.38.